The van der Waals surface area contributed by atoms with Gasteiger partial charge < -0.3 is 10.5 Å². The Labute approximate surface area is 113 Å². The number of hydrogen-bond donors (Lipinski definition) is 1. The number of anilines is 1. The summed E-state index contributed by atoms with van der Waals surface area (Å²) in [5.74, 6) is 1.28. The first kappa shape index (κ1) is 11.7. The van der Waals surface area contributed by atoms with Gasteiger partial charge >= 0.3 is 0 Å². The molecule has 1 aromatic carbocycles. The van der Waals surface area contributed by atoms with Crippen LogP contribution in [-0.4, -0.2) is 27.3 Å². The number of thiophene rings is 1. The minimum absolute atomic E-state index is 0.555. The Morgan fingerprint density at radius 3 is 2.89 bits per heavy atom. The lowest BCUT2D eigenvalue weighted by molar-refractivity contribution is 0.417. The highest BCUT2D eigenvalue weighted by molar-refractivity contribution is 7.08. The zero-order valence-corrected chi connectivity index (χ0v) is 11.0. The molecule has 0 unspecified atom stereocenters. The number of hydrogen-bond acceptors (Lipinski definition) is 6. The lowest BCUT2D eigenvalue weighted by Gasteiger charge is -2.06. The molecule has 19 heavy (non-hydrogen) atoms. The van der Waals surface area contributed by atoms with Crippen molar-refractivity contribution in [2.75, 3.05) is 12.8 Å². The number of methoxy groups -OCH3 is 1. The van der Waals surface area contributed by atoms with Gasteiger partial charge in [-0.2, -0.15) is 16.0 Å². The molecule has 3 rings (SSSR count). The molecule has 0 saturated heterocycles. The second kappa shape index (κ2) is 4.69. The molecule has 0 aliphatic heterocycles. The van der Waals surface area contributed by atoms with Crippen LogP contribution in [0.15, 0.2) is 35.0 Å². The van der Waals surface area contributed by atoms with Crippen LogP contribution in [-0.2, 0) is 0 Å². The summed E-state index contributed by atoms with van der Waals surface area (Å²) in [6.07, 6.45) is 0. The van der Waals surface area contributed by atoms with Crippen LogP contribution in [0.3, 0.4) is 0 Å². The average molecular weight is 273 g/mol. The smallest absolute Gasteiger partial charge is 0.187 e. The molecule has 0 spiro atoms. The van der Waals surface area contributed by atoms with Crippen LogP contribution in [0.1, 0.15) is 0 Å². The van der Waals surface area contributed by atoms with Crippen molar-refractivity contribution < 1.29 is 4.74 Å². The van der Waals surface area contributed by atoms with Gasteiger partial charge in [-0.1, -0.05) is 0 Å². The summed E-state index contributed by atoms with van der Waals surface area (Å²) in [5.41, 5.74) is 8.23. The molecule has 0 atom stereocenters. The number of tetrazole rings is 1. The van der Waals surface area contributed by atoms with Crippen molar-refractivity contribution in [1.29, 1.82) is 0 Å². The lowest BCUT2D eigenvalue weighted by atomic mass is 10.2. The Kier molecular flexibility index (Phi) is 2.88. The van der Waals surface area contributed by atoms with E-state index in [9.17, 15) is 0 Å². The molecule has 2 N–H and O–H groups in total. The maximum absolute atomic E-state index is 5.91. The van der Waals surface area contributed by atoms with E-state index in [1.807, 2.05) is 22.9 Å². The molecule has 0 radical (unpaired) electrons. The number of benzene rings is 1. The van der Waals surface area contributed by atoms with E-state index >= 15 is 0 Å². The standard InChI is InChI=1S/C12H11N5OS/c1-18-11-3-2-8(6-10(11)13)12-14-15-16-17(12)9-4-5-19-7-9/h2-7H,13H2,1H3. The first-order valence-electron chi connectivity index (χ1n) is 5.54. The van der Waals surface area contributed by atoms with Gasteiger partial charge in [0.15, 0.2) is 5.82 Å². The van der Waals surface area contributed by atoms with Crippen LogP contribution in [0.4, 0.5) is 5.69 Å². The van der Waals surface area contributed by atoms with Crippen molar-refractivity contribution in [2.24, 2.45) is 0 Å². The van der Waals surface area contributed by atoms with E-state index < -0.39 is 0 Å². The van der Waals surface area contributed by atoms with Gasteiger partial charge in [-0.25, -0.2) is 0 Å². The molecule has 0 amide bonds. The molecule has 2 heterocycles. The van der Waals surface area contributed by atoms with Crippen LogP contribution >= 0.6 is 11.3 Å². The van der Waals surface area contributed by atoms with Gasteiger partial charge in [0.05, 0.1) is 18.5 Å². The summed E-state index contributed by atoms with van der Waals surface area (Å²) >= 11 is 1.59. The molecule has 0 saturated carbocycles. The van der Waals surface area contributed by atoms with Crippen molar-refractivity contribution >= 4 is 17.0 Å². The van der Waals surface area contributed by atoms with Crippen LogP contribution in [0.25, 0.3) is 17.1 Å². The van der Waals surface area contributed by atoms with Gasteiger partial charge in [-0.05, 0) is 40.1 Å². The van der Waals surface area contributed by atoms with E-state index in [0.29, 0.717) is 17.3 Å². The Morgan fingerprint density at radius 2 is 2.21 bits per heavy atom. The number of nitrogens with two attached hydrogens (primary N) is 1. The molecule has 2 aromatic heterocycles. The average Bonchev–Trinajstić information content (AvgIpc) is 3.09. The normalized spacial score (nSPS) is 10.6. The third kappa shape index (κ3) is 2.04. The number of nitrogen functional groups attached to an aromatic ring is 1. The molecule has 0 aliphatic rings. The van der Waals surface area contributed by atoms with E-state index in [0.717, 1.165) is 11.3 Å². The summed E-state index contributed by atoms with van der Waals surface area (Å²) in [5, 5.41) is 15.7. The summed E-state index contributed by atoms with van der Waals surface area (Å²) < 4.78 is 6.82. The minimum Gasteiger partial charge on any atom is -0.495 e. The zero-order chi connectivity index (χ0) is 13.2. The van der Waals surface area contributed by atoms with Gasteiger partial charge in [-0.3, -0.25) is 0 Å². The first-order chi connectivity index (χ1) is 9.29. The van der Waals surface area contributed by atoms with Gasteiger partial charge in [0.2, 0.25) is 0 Å². The molecular weight excluding hydrogens is 262 g/mol. The van der Waals surface area contributed by atoms with Crippen molar-refractivity contribution in [3.63, 3.8) is 0 Å². The summed E-state index contributed by atoms with van der Waals surface area (Å²) in [6, 6.07) is 7.44. The minimum atomic E-state index is 0.555. The third-order valence-electron chi connectivity index (χ3n) is 2.71. The summed E-state index contributed by atoms with van der Waals surface area (Å²) in [4.78, 5) is 0. The maximum Gasteiger partial charge on any atom is 0.187 e. The third-order valence-corrected chi connectivity index (χ3v) is 3.38. The number of nitrogens with zero attached hydrogens (tertiary/aromatic N) is 4. The van der Waals surface area contributed by atoms with Crippen LogP contribution in [0, 0.1) is 0 Å². The topological polar surface area (TPSA) is 78.9 Å². The maximum atomic E-state index is 5.91. The SMILES string of the molecule is COc1ccc(-c2nnnn2-c2ccsc2)cc1N. The predicted molar refractivity (Wildman–Crippen MR) is 73.4 cm³/mol. The second-order valence-electron chi connectivity index (χ2n) is 3.85. The molecule has 0 fully saturated rings. The summed E-state index contributed by atoms with van der Waals surface area (Å²) in [6.45, 7) is 0. The highest BCUT2D eigenvalue weighted by Crippen LogP contribution is 2.28. The Balaban J connectivity index is 2.08. The van der Waals surface area contributed by atoms with Crippen molar-refractivity contribution in [1.82, 2.24) is 20.2 Å². The van der Waals surface area contributed by atoms with Gasteiger partial charge in [0, 0.05) is 10.9 Å². The largest absolute Gasteiger partial charge is 0.495 e. The Bertz CT molecular complexity index is 692. The highest BCUT2D eigenvalue weighted by Gasteiger charge is 2.12. The molecule has 96 valence electrons. The Hall–Kier alpha value is -2.41. The highest BCUT2D eigenvalue weighted by atomic mass is 32.1. The number of rotatable bonds is 3. The molecule has 6 nitrogen and oxygen atoms in total. The first-order valence-corrected chi connectivity index (χ1v) is 6.48. The molecule has 7 heteroatoms. The monoisotopic (exact) mass is 273 g/mol. The van der Waals surface area contributed by atoms with Gasteiger partial charge in [0.25, 0.3) is 0 Å². The fourth-order valence-corrected chi connectivity index (χ4v) is 2.41. The van der Waals surface area contributed by atoms with Crippen molar-refractivity contribution in [3.05, 3.63) is 35.0 Å². The zero-order valence-electron chi connectivity index (χ0n) is 10.1. The van der Waals surface area contributed by atoms with E-state index in [4.69, 9.17) is 10.5 Å². The quantitative estimate of drug-likeness (QED) is 0.738. The molecular formula is C12H11N5OS. The fraction of sp³-hybridized carbons (Fsp3) is 0.0833. The lowest BCUT2D eigenvalue weighted by Crippen LogP contribution is -1.99. The molecule has 0 bridgehead atoms. The molecule has 3 aromatic rings. The Morgan fingerprint density at radius 1 is 1.32 bits per heavy atom. The number of aromatic nitrogens is 4. The van der Waals surface area contributed by atoms with Crippen LogP contribution in [0.2, 0.25) is 0 Å². The fourth-order valence-electron chi connectivity index (χ4n) is 1.79. The van der Waals surface area contributed by atoms with E-state index in [1.54, 1.807) is 35.3 Å². The van der Waals surface area contributed by atoms with Crippen molar-refractivity contribution in [2.45, 2.75) is 0 Å². The van der Waals surface area contributed by atoms with Crippen molar-refractivity contribution in [3.8, 4) is 22.8 Å². The van der Waals surface area contributed by atoms with E-state index in [-0.39, 0.29) is 0 Å². The van der Waals surface area contributed by atoms with Gasteiger partial charge in [-0.15, -0.1) is 5.10 Å². The van der Waals surface area contributed by atoms with E-state index in [2.05, 4.69) is 15.5 Å². The predicted octanol–water partition coefficient (Wildman–Crippen LogP) is 1.98. The van der Waals surface area contributed by atoms with Crippen LogP contribution < -0.4 is 10.5 Å². The number of ether oxygens (including phenoxy) is 1. The van der Waals surface area contributed by atoms with Crippen LogP contribution in [0.5, 0.6) is 5.75 Å². The van der Waals surface area contributed by atoms with E-state index in [1.165, 1.54) is 0 Å². The summed E-state index contributed by atoms with van der Waals surface area (Å²) in [7, 11) is 1.58. The van der Waals surface area contributed by atoms with Gasteiger partial charge in [0.1, 0.15) is 5.75 Å². The second-order valence-corrected chi connectivity index (χ2v) is 4.63. The molecule has 0 aliphatic carbocycles.